The summed E-state index contributed by atoms with van der Waals surface area (Å²) in [5, 5.41) is 0. The Morgan fingerprint density at radius 2 is 0.615 bits per heavy atom. The minimum absolute atomic E-state index is 0.819. The summed E-state index contributed by atoms with van der Waals surface area (Å²) in [6.07, 6.45) is 36.0. The molecule has 0 bridgehead atoms. The molecule has 2 nitrogen and oxygen atoms in total. The van der Waals surface area contributed by atoms with Crippen LogP contribution in [-0.4, -0.2) is 13.2 Å². The van der Waals surface area contributed by atoms with Gasteiger partial charge < -0.3 is 9.47 Å². The molecule has 0 atom stereocenters. The molecule has 39 heavy (non-hydrogen) atoms. The summed E-state index contributed by atoms with van der Waals surface area (Å²) in [5.41, 5.74) is 1.22. The molecule has 228 valence electrons. The molecule has 0 saturated carbocycles. The summed E-state index contributed by atoms with van der Waals surface area (Å²) in [4.78, 5) is 0. The Bertz CT molecular complexity index is 576. The molecule has 0 aliphatic carbocycles. The van der Waals surface area contributed by atoms with Gasteiger partial charge in [-0.3, -0.25) is 0 Å². The van der Waals surface area contributed by atoms with Crippen LogP contribution in [0.1, 0.15) is 186 Å². The molecular weight excluding hydrogens is 476 g/mol. The molecule has 0 saturated heterocycles. The van der Waals surface area contributed by atoms with E-state index in [1.807, 2.05) is 0 Å². The highest BCUT2D eigenvalue weighted by Crippen LogP contribution is 2.23. The number of ether oxygens (including phenoxy) is 2. The second-order valence-corrected chi connectivity index (χ2v) is 12.2. The van der Waals surface area contributed by atoms with Gasteiger partial charge in [0.05, 0.1) is 13.2 Å². The zero-order chi connectivity index (χ0) is 28.1. The molecule has 2 heteroatoms. The van der Waals surface area contributed by atoms with Crippen LogP contribution in [0.15, 0.2) is 18.2 Å². The number of unbranched alkanes of at least 4 members (excludes halogenated alkanes) is 24. The average molecular weight is 545 g/mol. The van der Waals surface area contributed by atoms with Crippen LogP contribution in [0.4, 0.5) is 0 Å². The maximum absolute atomic E-state index is 6.07. The van der Waals surface area contributed by atoms with E-state index < -0.39 is 0 Å². The van der Waals surface area contributed by atoms with Crippen molar-refractivity contribution in [2.45, 2.75) is 188 Å². The van der Waals surface area contributed by atoms with Gasteiger partial charge in [0.1, 0.15) is 11.5 Å². The lowest BCUT2D eigenvalue weighted by Crippen LogP contribution is -2.00. The van der Waals surface area contributed by atoms with Gasteiger partial charge in [-0.15, -0.1) is 0 Å². The van der Waals surface area contributed by atoms with Crippen LogP contribution in [0.3, 0.4) is 0 Å². The SMILES string of the molecule is CCCCCCCCCCCCCCCOc1cc(C)cc(OCCCCCCCCCCCCCCC)c1. The van der Waals surface area contributed by atoms with Crippen molar-refractivity contribution in [2.24, 2.45) is 0 Å². The van der Waals surface area contributed by atoms with E-state index >= 15 is 0 Å². The van der Waals surface area contributed by atoms with E-state index in [4.69, 9.17) is 9.47 Å². The number of rotatable bonds is 30. The molecule has 0 fully saturated rings. The number of benzene rings is 1. The first-order valence-electron chi connectivity index (χ1n) is 17.6. The van der Waals surface area contributed by atoms with E-state index in [9.17, 15) is 0 Å². The highest BCUT2D eigenvalue weighted by molar-refractivity contribution is 5.37. The maximum atomic E-state index is 6.07. The predicted octanol–water partition coefficient (Wildman–Crippen LogP) is 12.9. The fourth-order valence-electron chi connectivity index (χ4n) is 5.50. The summed E-state index contributed by atoms with van der Waals surface area (Å²) in [6.45, 7) is 8.36. The van der Waals surface area contributed by atoms with Crippen molar-refractivity contribution < 1.29 is 9.47 Å². The van der Waals surface area contributed by atoms with Crippen LogP contribution in [-0.2, 0) is 0 Å². The predicted molar refractivity (Wildman–Crippen MR) is 174 cm³/mol. The van der Waals surface area contributed by atoms with E-state index in [2.05, 4.69) is 39.0 Å². The molecule has 0 spiro atoms. The van der Waals surface area contributed by atoms with Crippen molar-refractivity contribution in [3.63, 3.8) is 0 Å². The zero-order valence-electron chi connectivity index (χ0n) is 26.8. The van der Waals surface area contributed by atoms with E-state index in [1.54, 1.807) is 0 Å². The largest absolute Gasteiger partial charge is 0.493 e. The van der Waals surface area contributed by atoms with Crippen molar-refractivity contribution in [1.29, 1.82) is 0 Å². The summed E-state index contributed by atoms with van der Waals surface area (Å²) in [6, 6.07) is 6.36. The molecule has 0 aliphatic rings. The van der Waals surface area contributed by atoms with Crippen LogP contribution in [0.2, 0.25) is 0 Å². The Hall–Kier alpha value is -1.18. The Morgan fingerprint density at radius 1 is 0.359 bits per heavy atom. The first-order valence-corrected chi connectivity index (χ1v) is 17.6. The number of hydrogen-bond donors (Lipinski definition) is 0. The third-order valence-electron chi connectivity index (χ3n) is 8.06. The van der Waals surface area contributed by atoms with Crippen LogP contribution in [0.25, 0.3) is 0 Å². The molecule has 1 aromatic rings. The Labute approximate surface area is 245 Å². The molecule has 0 unspecified atom stereocenters. The quantitative estimate of drug-likeness (QED) is 0.0896. The second-order valence-electron chi connectivity index (χ2n) is 12.2. The van der Waals surface area contributed by atoms with Crippen molar-refractivity contribution in [3.05, 3.63) is 23.8 Å². The average Bonchev–Trinajstić information content (AvgIpc) is 2.93. The number of hydrogen-bond acceptors (Lipinski definition) is 2. The van der Waals surface area contributed by atoms with Gasteiger partial charge in [-0.25, -0.2) is 0 Å². The van der Waals surface area contributed by atoms with Crippen LogP contribution < -0.4 is 9.47 Å². The van der Waals surface area contributed by atoms with Crippen molar-refractivity contribution in [3.8, 4) is 11.5 Å². The zero-order valence-corrected chi connectivity index (χ0v) is 26.8. The van der Waals surface area contributed by atoms with Gasteiger partial charge in [-0.05, 0) is 37.5 Å². The van der Waals surface area contributed by atoms with Crippen LogP contribution in [0, 0.1) is 6.92 Å². The summed E-state index contributed by atoms with van der Waals surface area (Å²) in [5.74, 6) is 1.93. The Balaban J connectivity index is 1.95. The molecule has 0 N–H and O–H groups in total. The number of aryl methyl sites for hydroxylation is 1. The van der Waals surface area contributed by atoms with E-state index in [1.165, 1.54) is 160 Å². The smallest absolute Gasteiger partial charge is 0.123 e. The molecule has 0 aliphatic heterocycles. The molecule has 0 radical (unpaired) electrons. The van der Waals surface area contributed by atoms with E-state index in [-0.39, 0.29) is 0 Å². The van der Waals surface area contributed by atoms with Gasteiger partial charge in [-0.1, -0.05) is 168 Å². The fraction of sp³-hybridized carbons (Fsp3) is 0.838. The van der Waals surface area contributed by atoms with E-state index in [0.29, 0.717) is 0 Å². The summed E-state index contributed by atoms with van der Waals surface area (Å²) < 4.78 is 12.1. The first kappa shape index (κ1) is 35.8. The standard InChI is InChI=1S/C37H68O2/c1-4-6-8-10-12-14-16-18-20-22-24-26-28-30-38-36-32-35(3)33-37(34-36)39-31-29-27-25-23-21-19-17-15-13-11-9-7-5-2/h32-34H,4-31H2,1-3H3. The maximum Gasteiger partial charge on any atom is 0.123 e. The van der Waals surface area contributed by atoms with Crippen molar-refractivity contribution in [2.75, 3.05) is 13.2 Å². The second kappa shape index (κ2) is 28.4. The van der Waals surface area contributed by atoms with Gasteiger partial charge in [0, 0.05) is 6.07 Å². The summed E-state index contributed by atoms with van der Waals surface area (Å²) in [7, 11) is 0. The highest BCUT2D eigenvalue weighted by atomic mass is 16.5. The Kier molecular flexibility index (Phi) is 26.1. The monoisotopic (exact) mass is 545 g/mol. The molecule has 1 aromatic carbocycles. The van der Waals surface area contributed by atoms with Crippen molar-refractivity contribution >= 4 is 0 Å². The lowest BCUT2D eigenvalue weighted by Gasteiger charge is -2.11. The normalized spacial score (nSPS) is 11.3. The van der Waals surface area contributed by atoms with Crippen LogP contribution in [0.5, 0.6) is 11.5 Å². The molecule has 0 aromatic heterocycles. The van der Waals surface area contributed by atoms with E-state index in [0.717, 1.165) is 37.6 Å². The third kappa shape index (κ3) is 24.3. The van der Waals surface area contributed by atoms with Gasteiger partial charge in [-0.2, -0.15) is 0 Å². The Morgan fingerprint density at radius 3 is 0.897 bits per heavy atom. The topological polar surface area (TPSA) is 18.5 Å². The molecule has 1 rings (SSSR count). The van der Waals surface area contributed by atoms with Gasteiger partial charge in [0.15, 0.2) is 0 Å². The lowest BCUT2D eigenvalue weighted by molar-refractivity contribution is 0.289. The van der Waals surface area contributed by atoms with Crippen molar-refractivity contribution in [1.82, 2.24) is 0 Å². The lowest BCUT2D eigenvalue weighted by atomic mass is 10.0. The third-order valence-corrected chi connectivity index (χ3v) is 8.06. The molecule has 0 amide bonds. The molecule has 0 heterocycles. The van der Waals surface area contributed by atoms with Gasteiger partial charge in [0.2, 0.25) is 0 Å². The minimum atomic E-state index is 0.819. The first-order chi connectivity index (χ1) is 19.3. The fourth-order valence-corrected chi connectivity index (χ4v) is 5.50. The van der Waals surface area contributed by atoms with Crippen LogP contribution >= 0.6 is 0 Å². The highest BCUT2D eigenvalue weighted by Gasteiger charge is 2.02. The van der Waals surface area contributed by atoms with Gasteiger partial charge in [0.25, 0.3) is 0 Å². The minimum Gasteiger partial charge on any atom is -0.493 e. The summed E-state index contributed by atoms with van der Waals surface area (Å²) >= 11 is 0. The molecular formula is C37H68O2. The van der Waals surface area contributed by atoms with Gasteiger partial charge >= 0.3 is 0 Å².